The van der Waals surface area contributed by atoms with Crippen LogP contribution in [-0.4, -0.2) is 16.3 Å². The van der Waals surface area contributed by atoms with Crippen molar-refractivity contribution >= 4 is 11.9 Å². The fourth-order valence-corrected chi connectivity index (χ4v) is 1.41. The Labute approximate surface area is 95.9 Å². The number of nitrogens with zero attached hydrogens (tertiary/aromatic N) is 2. The molecule has 1 aromatic heterocycles. The largest absolute Gasteiger partial charge is 0.455 e. The molecule has 1 N–H and O–H groups in total. The average Bonchev–Trinajstić information content (AvgIpc) is 2.78. The van der Waals surface area contributed by atoms with E-state index in [1.54, 1.807) is 24.3 Å². The van der Waals surface area contributed by atoms with Gasteiger partial charge in [-0.1, -0.05) is 17.3 Å². The van der Waals surface area contributed by atoms with E-state index in [0.29, 0.717) is 17.1 Å². The van der Waals surface area contributed by atoms with Crippen LogP contribution in [0.4, 0.5) is 5.69 Å². The zero-order valence-electron chi connectivity index (χ0n) is 8.61. The SMILES string of the molecule is O=[N+]([O-])c1cccc(-c2ccc(/C=N/O)o2)c1. The molecular weight excluding hydrogens is 224 g/mol. The molecule has 1 heterocycles. The van der Waals surface area contributed by atoms with Crippen molar-refractivity contribution in [3.8, 4) is 11.3 Å². The Morgan fingerprint density at radius 2 is 2.18 bits per heavy atom. The first-order valence-electron chi connectivity index (χ1n) is 4.73. The van der Waals surface area contributed by atoms with Gasteiger partial charge in [0.2, 0.25) is 0 Å². The highest BCUT2D eigenvalue weighted by atomic mass is 16.6. The molecule has 0 amide bonds. The third kappa shape index (κ3) is 2.31. The molecule has 0 radical (unpaired) electrons. The summed E-state index contributed by atoms with van der Waals surface area (Å²) in [6.07, 6.45) is 1.14. The van der Waals surface area contributed by atoms with Crippen molar-refractivity contribution in [3.05, 3.63) is 52.3 Å². The second-order valence-electron chi connectivity index (χ2n) is 3.25. The van der Waals surface area contributed by atoms with Gasteiger partial charge in [-0.15, -0.1) is 0 Å². The molecule has 0 spiro atoms. The molecule has 0 bridgehead atoms. The van der Waals surface area contributed by atoms with Crippen LogP contribution < -0.4 is 0 Å². The van der Waals surface area contributed by atoms with E-state index in [1.165, 1.54) is 12.1 Å². The van der Waals surface area contributed by atoms with Gasteiger partial charge in [0.25, 0.3) is 5.69 Å². The highest BCUT2D eigenvalue weighted by Crippen LogP contribution is 2.25. The lowest BCUT2D eigenvalue weighted by atomic mass is 10.1. The molecule has 2 rings (SSSR count). The van der Waals surface area contributed by atoms with E-state index in [1.807, 2.05) is 0 Å². The van der Waals surface area contributed by atoms with E-state index >= 15 is 0 Å². The van der Waals surface area contributed by atoms with Gasteiger partial charge in [0.05, 0.1) is 4.92 Å². The minimum Gasteiger partial charge on any atom is -0.455 e. The molecule has 1 aromatic carbocycles. The van der Waals surface area contributed by atoms with Crippen molar-refractivity contribution in [1.82, 2.24) is 0 Å². The second kappa shape index (κ2) is 4.48. The van der Waals surface area contributed by atoms with Crippen LogP contribution in [0.1, 0.15) is 5.76 Å². The molecule has 6 nitrogen and oxygen atoms in total. The first kappa shape index (κ1) is 10.9. The summed E-state index contributed by atoms with van der Waals surface area (Å²) in [5, 5.41) is 21.8. The van der Waals surface area contributed by atoms with Crippen molar-refractivity contribution < 1.29 is 14.5 Å². The zero-order chi connectivity index (χ0) is 12.3. The maximum Gasteiger partial charge on any atom is 0.270 e. The van der Waals surface area contributed by atoms with Gasteiger partial charge >= 0.3 is 0 Å². The Morgan fingerprint density at radius 1 is 1.35 bits per heavy atom. The summed E-state index contributed by atoms with van der Waals surface area (Å²) in [4.78, 5) is 10.1. The normalized spacial score (nSPS) is 10.8. The fourth-order valence-electron chi connectivity index (χ4n) is 1.41. The van der Waals surface area contributed by atoms with Gasteiger partial charge in [-0.25, -0.2) is 0 Å². The quantitative estimate of drug-likeness (QED) is 0.381. The predicted octanol–water partition coefficient (Wildman–Crippen LogP) is 2.66. The highest BCUT2D eigenvalue weighted by molar-refractivity contribution is 5.77. The molecule has 2 aromatic rings. The van der Waals surface area contributed by atoms with E-state index in [-0.39, 0.29) is 5.69 Å². The Hall–Kier alpha value is -2.63. The van der Waals surface area contributed by atoms with Crippen LogP contribution in [0.15, 0.2) is 46.0 Å². The number of non-ortho nitro benzene ring substituents is 1. The second-order valence-corrected chi connectivity index (χ2v) is 3.25. The first-order valence-corrected chi connectivity index (χ1v) is 4.73. The molecule has 0 saturated carbocycles. The zero-order valence-corrected chi connectivity index (χ0v) is 8.61. The van der Waals surface area contributed by atoms with Crippen LogP contribution in [0.3, 0.4) is 0 Å². The van der Waals surface area contributed by atoms with Gasteiger partial charge in [-0.05, 0) is 12.1 Å². The van der Waals surface area contributed by atoms with Crippen LogP contribution in [0.25, 0.3) is 11.3 Å². The van der Waals surface area contributed by atoms with Gasteiger partial charge in [0.1, 0.15) is 17.7 Å². The van der Waals surface area contributed by atoms with Crippen molar-refractivity contribution in [2.24, 2.45) is 5.16 Å². The molecule has 0 aliphatic heterocycles. The van der Waals surface area contributed by atoms with Crippen LogP contribution in [0.5, 0.6) is 0 Å². The summed E-state index contributed by atoms with van der Waals surface area (Å²) in [5.74, 6) is 0.845. The van der Waals surface area contributed by atoms with E-state index in [4.69, 9.17) is 9.62 Å². The Kier molecular flexibility index (Phi) is 2.87. The maximum absolute atomic E-state index is 10.6. The third-order valence-electron chi connectivity index (χ3n) is 2.15. The van der Waals surface area contributed by atoms with Crippen molar-refractivity contribution in [3.63, 3.8) is 0 Å². The number of hydrogen-bond acceptors (Lipinski definition) is 5. The maximum atomic E-state index is 10.6. The molecule has 86 valence electrons. The number of hydrogen-bond donors (Lipinski definition) is 1. The molecular formula is C11H8N2O4. The molecule has 0 aliphatic carbocycles. The number of nitro groups is 1. The lowest BCUT2D eigenvalue weighted by Crippen LogP contribution is -1.87. The van der Waals surface area contributed by atoms with E-state index < -0.39 is 4.92 Å². The number of rotatable bonds is 3. The summed E-state index contributed by atoms with van der Waals surface area (Å²) in [7, 11) is 0. The molecule has 0 unspecified atom stereocenters. The van der Waals surface area contributed by atoms with Crippen LogP contribution in [0.2, 0.25) is 0 Å². The standard InChI is InChI=1S/C11H8N2O4/c14-12-7-10-4-5-11(17-10)8-2-1-3-9(6-8)13(15)16/h1-7,14H/b12-7+. The lowest BCUT2D eigenvalue weighted by Gasteiger charge is -1.96. The van der Waals surface area contributed by atoms with Gasteiger partial charge < -0.3 is 9.62 Å². The number of nitro benzene ring substituents is 1. The van der Waals surface area contributed by atoms with Crippen LogP contribution in [-0.2, 0) is 0 Å². The summed E-state index contributed by atoms with van der Waals surface area (Å²) in [6.45, 7) is 0. The van der Waals surface area contributed by atoms with Gasteiger partial charge in [-0.3, -0.25) is 10.1 Å². The van der Waals surface area contributed by atoms with Crippen LogP contribution >= 0.6 is 0 Å². The molecule has 0 aliphatic rings. The van der Waals surface area contributed by atoms with Gasteiger partial charge in [0, 0.05) is 17.7 Å². The van der Waals surface area contributed by atoms with E-state index in [0.717, 1.165) is 6.21 Å². The number of oxime groups is 1. The lowest BCUT2D eigenvalue weighted by molar-refractivity contribution is -0.384. The molecule has 6 heteroatoms. The Morgan fingerprint density at radius 3 is 2.88 bits per heavy atom. The average molecular weight is 232 g/mol. The van der Waals surface area contributed by atoms with E-state index in [2.05, 4.69) is 5.16 Å². The monoisotopic (exact) mass is 232 g/mol. The minimum absolute atomic E-state index is 0.00345. The van der Waals surface area contributed by atoms with Crippen molar-refractivity contribution in [2.75, 3.05) is 0 Å². The molecule has 0 atom stereocenters. The topological polar surface area (TPSA) is 88.9 Å². The Balaban J connectivity index is 2.38. The smallest absolute Gasteiger partial charge is 0.270 e. The summed E-state index contributed by atoms with van der Waals surface area (Å²) in [5.41, 5.74) is 0.591. The predicted molar refractivity (Wildman–Crippen MR) is 60.2 cm³/mol. The third-order valence-corrected chi connectivity index (χ3v) is 2.15. The highest BCUT2D eigenvalue weighted by Gasteiger charge is 2.09. The fraction of sp³-hybridized carbons (Fsp3) is 0. The molecule has 17 heavy (non-hydrogen) atoms. The van der Waals surface area contributed by atoms with Gasteiger partial charge in [0.15, 0.2) is 0 Å². The molecule has 0 saturated heterocycles. The first-order chi connectivity index (χ1) is 8.20. The van der Waals surface area contributed by atoms with Gasteiger partial charge in [-0.2, -0.15) is 0 Å². The summed E-state index contributed by atoms with van der Waals surface area (Å²) < 4.78 is 5.31. The number of benzene rings is 1. The summed E-state index contributed by atoms with van der Waals surface area (Å²) in [6, 6.07) is 9.35. The Bertz CT molecular complexity index is 574. The van der Waals surface area contributed by atoms with E-state index in [9.17, 15) is 10.1 Å². The van der Waals surface area contributed by atoms with Crippen molar-refractivity contribution in [1.29, 1.82) is 0 Å². The van der Waals surface area contributed by atoms with Crippen molar-refractivity contribution in [2.45, 2.75) is 0 Å². The van der Waals surface area contributed by atoms with Crippen LogP contribution in [0, 0.1) is 10.1 Å². The minimum atomic E-state index is -0.470. The summed E-state index contributed by atoms with van der Waals surface area (Å²) >= 11 is 0. The number of furan rings is 1. The molecule has 0 fully saturated rings.